The van der Waals surface area contributed by atoms with Gasteiger partial charge in [0.15, 0.2) is 0 Å². The number of para-hydroxylation sites is 4. The van der Waals surface area contributed by atoms with Crippen LogP contribution >= 0.6 is 0 Å². The van der Waals surface area contributed by atoms with Crippen LogP contribution in [0.5, 0.6) is 0 Å². The first-order chi connectivity index (χ1) is 32.7. The van der Waals surface area contributed by atoms with E-state index in [2.05, 4.69) is 250 Å². The summed E-state index contributed by atoms with van der Waals surface area (Å²) >= 11 is 0. The molecule has 14 rings (SSSR count). The van der Waals surface area contributed by atoms with E-state index in [1.165, 1.54) is 115 Å². The molecule has 0 aliphatic carbocycles. The molecule has 0 amide bonds. The zero-order valence-electron chi connectivity index (χ0n) is 36.1. The number of rotatable bonds is 6. The van der Waals surface area contributed by atoms with Gasteiger partial charge in [0.05, 0.1) is 22.1 Å². The van der Waals surface area contributed by atoms with Gasteiger partial charge in [0.2, 0.25) is 0 Å². The maximum absolute atomic E-state index is 2.55. The van der Waals surface area contributed by atoms with Crippen LogP contribution in [0.4, 0.5) is 0 Å². The first-order valence-corrected chi connectivity index (χ1v) is 22.9. The van der Waals surface area contributed by atoms with Gasteiger partial charge in [0.25, 0.3) is 0 Å². The van der Waals surface area contributed by atoms with Crippen LogP contribution in [0.1, 0.15) is 5.56 Å². The lowest BCUT2D eigenvalue weighted by atomic mass is 9.96. The van der Waals surface area contributed by atoms with Crippen LogP contribution in [0.2, 0.25) is 0 Å². The van der Waals surface area contributed by atoms with E-state index in [1.54, 1.807) is 0 Å². The van der Waals surface area contributed by atoms with E-state index in [9.17, 15) is 0 Å². The van der Waals surface area contributed by atoms with Crippen molar-refractivity contribution in [2.24, 2.45) is 0 Å². The SMILES string of the molecule is c1ccc(-n2c3ccccc3c3ccc(-c4ccc5c(c4)c4cc(-c6ccc(-n7c8ccccc8c8ccccc87)cc6)ccc4n5Cc4c5ccccc5cc5ccccc45)cc32)cc1. The van der Waals surface area contributed by atoms with Gasteiger partial charge in [-0.3, -0.25) is 0 Å². The maximum Gasteiger partial charge on any atom is 0.0547 e. The van der Waals surface area contributed by atoms with Crippen LogP contribution in [0.15, 0.2) is 237 Å². The zero-order valence-corrected chi connectivity index (χ0v) is 36.1. The largest absolute Gasteiger partial charge is 0.336 e. The summed E-state index contributed by atoms with van der Waals surface area (Å²) < 4.78 is 7.35. The molecule has 0 atom stereocenters. The predicted octanol–water partition coefficient (Wildman–Crippen LogP) is 16.7. The number of aromatic nitrogens is 3. The van der Waals surface area contributed by atoms with E-state index in [0.717, 1.165) is 17.9 Å². The maximum atomic E-state index is 2.55. The number of fused-ring (bicyclic) bond motifs is 11. The molecule has 0 saturated heterocycles. The van der Waals surface area contributed by atoms with E-state index < -0.39 is 0 Å². The fourth-order valence-corrected chi connectivity index (χ4v) is 11.1. The van der Waals surface area contributed by atoms with Gasteiger partial charge in [0.1, 0.15) is 0 Å². The van der Waals surface area contributed by atoms with Crippen LogP contribution < -0.4 is 0 Å². The third-order valence-corrected chi connectivity index (χ3v) is 14.1. The van der Waals surface area contributed by atoms with Crippen LogP contribution in [0.25, 0.3) is 121 Å². The fourth-order valence-electron chi connectivity index (χ4n) is 11.1. The highest BCUT2D eigenvalue weighted by atomic mass is 15.0. The van der Waals surface area contributed by atoms with Crippen LogP contribution in [0.3, 0.4) is 0 Å². The van der Waals surface area contributed by atoms with Crippen LogP contribution in [-0.4, -0.2) is 13.7 Å². The molecule has 14 aromatic rings. The molecule has 0 saturated carbocycles. The van der Waals surface area contributed by atoms with Crippen molar-refractivity contribution < 1.29 is 0 Å². The number of hydrogen-bond acceptors (Lipinski definition) is 0. The molecule has 11 aromatic carbocycles. The Hall–Kier alpha value is -8.66. The molecule has 66 heavy (non-hydrogen) atoms. The highest BCUT2D eigenvalue weighted by Gasteiger charge is 2.19. The van der Waals surface area contributed by atoms with Gasteiger partial charge in [-0.1, -0.05) is 158 Å². The topological polar surface area (TPSA) is 14.8 Å². The van der Waals surface area contributed by atoms with E-state index in [4.69, 9.17) is 0 Å². The smallest absolute Gasteiger partial charge is 0.0547 e. The Morgan fingerprint density at radius 2 is 0.652 bits per heavy atom. The van der Waals surface area contributed by atoms with Crippen LogP contribution in [-0.2, 0) is 6.54 Å². The van der Waals surface area contributed by atoms with Gasteiger partial charge in [-0.15, -0.1) is 0 Å². The molecule has 3 heterocycles. The molecule has 0 N–H and O–H groups in total. The highest BCUT2D eigenvalue weighted by Crippen LogP contribution is 2.40. The molecule has 0 spiro atoms. The number of nitrogens with zero attached hydrogens (tertiary/aromatic N) is 3. The molecule has 0 unspecified atom stereocenters. The predicted molar refractivity (Wildman–Crippen MR) is 280 cm³/mol. The molecular weight excluding hydrogens is 799 g/mol. The third kappa shape index (κ3) is 5.57. The minimum atomic E-state index is 0.747. The highest BCUT2D eigenvalue weighted by molar-refractivity contribution is 6.13. The minimum absolute atomic E-state index is 0.747. The summed E-state index contributed by atoms with van der Waals surface area (Å²) in [6.45, 7) is 0.747. The molecular formula is C63H41N3. The lowest BCUT2D eigenvalue weighted by Gasteiger charge is -2.15. The second kappa shape index (κ2) is 14.4. The molecule has 0 aliphatic rings. The average molecular weight is 840 g/mol. The van der Waals surface area contributed by atoms with Crippen molar-refractivity contribution in [3.8, 4) is 33.6 Å². The van der Waals surface area contributed by atoms with Crippen molar-refractivity contribution >= 4 is 87.0 Å². The summed E-state index contributed by atoms with van der Waals surface area (Å²) in [5.41, 5.74) is 15.8. The van der Waals surface area contributed by atoms with Gasteiger partial charge < -0.3 is 13.7 Å². The molecule has 308 valence electrons. The number of benzene rings is 11. The van der Waals surface area contributed by atoms with E-state index in [-0.39, 0.29) is 0 Å². The Balaban J connectivity index is 0.956. The second-order valence-electron chi connectivity index (χ2n) is 17.7. The van der Waals surface area contributed by atoms with Crippen molar-refractivity contribution in [1.82, 2.24) is 13.7 Å². The normalized spacial score (nSPS) is 12.0. The molecule has 3 nitrogen and oxygen atoms in total. The summed E-state index contributed by atoms with van der Waals surface area (Å²) in [5.74, 6) is 0. The fraction of sp³-hybridized carbons (Fsp3) is 0.0159. The Labute approximate surface area is 381 Å². The first kappa shape index (κ1) is 36.8. The third-order valence-electron chi connectivity index (χ3n) is 14.1. The lowest BCUT2D eigenvalue weighted by Crippen LogP contribution is -2.01. The lowest BCUT2D eigenvalue weighted by molar-refractivity contribution is 0.882. The van der Waals surface area contributed by atoms with Crippen LogP contribution in [0, 0.1) is 0 Å². The van der Waals surface area contributed by atoms with E-state index in [0.29, 0.717) is 0 Å². The Morgan fingerprint density at radius 1 is 0.242 bits per heavy atom. The monoisotopic (exact) mass is 839 g/mol. The zero-order chi connectivity index (χ0) is 43.3. The molecule has 3 aromatic heterocycles. The van der Waals surface area contributed by atoms with Crippen molar-refractivity contribution in [3.63, 3.8) is 0 Å². The van der Waals surface area contributed by atoms with Gasteiger partial charge in [0, 0.05) is 61.3 Å². The summed E-state index contributed by atoms with van der Waals surface area (Å²) in [5, 5.41) is 12.7. The Kier molecular flexibility index (Phi) is 8.04. The minimum Gasteiger partial charge on any atom is -0.336 e. The standard InChI is InChI=1S/C63H41N3/c1-2-16-47(17-3-1)66-62-25-13-10-22-53(62)54-33-28-44(39-63(54)66)43-30-35-59-56(38-43)55-37-42(41-26-31-48(32-27-41)65-60-23-11-8-20-51(60)52-21-9-12-24-61(52)65)29-34-58(55)64(59)40-57-49-18-6-4-14-45(49)36-46-15-5-7-19-50(46)57/h1-39H,40H2. The number of hydrogen-bond donors (Lipinski definition) is 0. The average Bonchev–Trinajstić information content (AvgIpc) is 4.01. The molecule has 0 aliphatic heterocycles. The summed E-state index contributed by atoms with van der Waals surface area (Å²) in [6.07, 6.45) is 0. The van der Waals surface area contributed by atoms with Gasteiger partial charge in [-0.2, -0.15) is 0 Å². The van der Waals surface area contributed by atoms with Crippen molar-refractivity contribution in [3.05, 3.63) is 242 Å². The van der Waals surface area contributed by atoms with Gasteiger partial charge in [-0.25, -0.2) is 0 Å². The van der Waals surface area contributed by atoms with E-state index >= 15 is 0 Å². The summed E-state index contributed by atoms with van der Waals surface area (Å²) in [7, 11) is 0. The first-order valence-electron chi connectivity index (χ1n) is 22.9. The second-order valence-corrected chi connectivity index (χ2v) is 17.7. The Morgan fingerprint density at radius 3 is 1.23 bits per heavy atom. The van der Waals surface area contributed by atoms with Crippen molar-refractivity contribution in [2.45, 2.75) is 6.54 Å². The van der Waals surface area contributed by atoms with Gasteiger partial charge in [-0.05, 0) is 128 Å². The quantitative estimate of drug-likeness (QED) is 0.148. The molecule has 0 fully saturated rings. The Bertz CT molecular complexity index is 4130. The van der Waals surface area contributed by atoms with E-state index in [1.807, 2.05) is 0 Å². The summed E-state index contributed by atoms with van der Waals surface area (Å²) in [6, 6.07) is 87.3. The van der Waals surface area contributed by atoms with Gasteiger partial charge >= 0.3 is 0 Å². The van der Waals surface area contributed by atoms with Crippen molar-refractivity contribution in [1.29, 1.82) is 0 Å². The summed E-state index contributed by atoms with van der Waals surface area (Å²) in [4.78, 5) is 0. The molecule has 0 bridgehead atoms. The molecule has 3 heteroatoms. The van der Waals surface area contributed by atoms with Crippen molar-refractivity contribution in [2.75, 3.05) is 0 Å². The molecule has 0 radical (unpaired) electrons.